The van der Waals surface area contributed by atoms with E-state index in [1.165, 1.54) is 32.4 Å². The number of hydrogen-bond donors (Lipinski definition) is 2. The Hall–Kier alpha value is -1.13. The molecule has 0 amide bonds. The number of halogens is 1. The molecule has 3 atom stereocenters. The maximum atomic E-state index is 13.7. The summed E-state index contributed by atoms with van der Waals surface area (Å²) in [5, 5.41) is 0. The van der Waals surface area contributed by atoms with Gasteiger partial charge in [0.15, 0.2) is 11.6 Å². The molecule has 0 aromatic heterocycles. The molecule has 0 aliphatic heterocycles. The molecule has 3 unspecified atom stereocenters. The summed E-state index contributed by atoms with van der Waals surface area (Å²) in [6, 6.07) is 5.19. The van der Waals surface area contributed by atoms with E-state index in [-0.39, 0.29) is 17.6 Å². The fraction of sp³-hybridized carbons (Fsp3) is 0.571. The SMILES string of the molecule is COc1ccc(C(NN)C2C3CCCC32)cc1F. The molecule has 0 spiro atoms. The summed E-state index contributed by atoms with van der Waals surface area (Å²) in [5.74, 6) is 7.79. The minimum absolute atomic E-state index is 0.0701. The van der Waals surface area contributed by atoms with Crippen LogP contribution < -0.4 is 16.0 Å². The molecule has 98 valence electrons. The molecule has 0 bridgehead atoms. The van der Waals surface area contributed by atoms with Crippen molar-refractivity contribution in [3.63, 3.8) is 0 Å². The van der Waals surface area contributed by atoms with Crippen LogP contribution >= 0.6 is 0 Å². The Morgan fingerprint density at radius 2 is 2.11 bits per heavy atom. The van der Waals surface area contributed by atoms with Gasteiger partial charge in [0.05, 0.1) is 7.11 Å². The highest BCUT2D eigenvalue weighted by Crippen LogP contribution is 2.62. The maximum absolute atomic E-state index is 13.7. The summed E-state index contributed by atoms with van der Waals surface area (Å²) >= 11 is 0. The van der Waals surface area contributed by atoms with E-state index >= 15 is 0 Å². The highest BCUT2D eigenvalue weighted by molar-refractivity contribution is 5.32. The van der Waals surface area contributed by atoms with Gasteiger partial charge in [0.1, 0.15) is 0 Å². The number of methoxy groups -OCH3 is 1. The first-order chi connectivity index (χ1) is 8.76. The van der Waals surface area contributed by atoms with E-state index in [4.69, 9.17) is 10.6 Å². The zero-order valence-electron chi connectivity index (χ0n) is 10.5. The lowest BCUT2D eigenvalue weighted by Gasteiger charge is -2.19. The van der Waals surface area contributed by atoms with Gasteiger partial charge in [0.25, 0.3) is 0 Å². The largest absolute Gasteiger partial charge is 0.494 e. The summed E-state index contributed by atoms with van der Waals surface area (Å²) in [6.07, 6.45) is 3.93. The first kappa shape index (κ1) is 11.9. The first-order valence-corrected chi connectivity index (χ1v) is 6.56. The van der Waals surface area contributed by atoms with Gasteiger partial charge in [-0.1, -0.05) is 12.5 Å². The maximum Gasteiger partial charge on any atom is 0.165 e. The minimum atomic E-state index is -0.318. The summed E-state index contributed by atoms with van der Waals surface area (Å²) in [7, 11) is 1.47. The van der Waals surface area contributed by atoms with Gasteiger partial charge < -0.3 is 4.74 Å². The third-order valence-electron chi connectivity index (χ3n) is 4.57. The van der Waals surface area contributed by atoms with Crippen LogP contribution in [0.25, 0.3) is 0 Å². The third-order valence-corrected chi connectivity index (χ3v) is 4.57. The van der Waals surface area contributed by atoms with E-state index in [9.17, 15) is 4.39 Å². The predicted molar refractivity (Wildman–Crippen MR) is 67.3 cm³/mol. The lowest BCUT2D eigenvalue weighted by molar-refractivity contribution is 0.382. The fourth-order valence-corrected chi connectivity index (χ4v) is 3.68. The van der Waals surface area contributed by atoms with E-state index < -0.39 is 0 Å². The topological polar surface area (TPSA) is 47.3 Å². The Morgan fingerprint density at radius 3 is 2.67 bits per heavy atom. The summed E-state index contributed by atoms with van der Waals surface area (Å²) in [5.41, 5.74) is 3.79. The second-order valence-corrected chi connectivity index (χ2v) is 5.37. The molecular formula is C14H19FN2O. The summed E-state index contributed by atoms with van der Waals surface area (Å²) in [6.45, 7) is 0. The number of hydrogen-bond acceptors (Lipinski definition) is 3. The van der Waals surface area contributed by atoms with E-state index in [2.05, 4.69) is 5.43 Å². The zero-order chi connectivity index (χ0) is 12.7. The van der Waals surface area contributed by atoms with Crippen LogP contribution in [-0.4, -0.2) is 7.11 Å². The summed E-state index contributed by atoms with van der Waals surface area (Å²) < 4.78 is 18.7. The average Bonchev–Trinajstić information content (AvgIpc) is 2.85. The molecule has 0 saturated heterocycles. The number of rotatable bonds is 4. The second kappa shape index (κ2) is 4.52. The molecular weight excluding hydrogens is 231 g/mol. The number of nitrogens with one attached hydrogen (secondary N) is 1. The molecule has 1 aromatic rings. The smallest absolute Gasteiger partial charge is 0.165 e. The molecule has 0 heterocycles. The highest BCUT2D eigenvalue weighted by atomic mass is 19.1. The zero-order valence-corrected chi connectivity index (χ0v) is 10.5. The first-order valence-electron chi connectivity index (χ1n) is 6.56. The van der Waals surface area contributed by atoms with Crippen LogP contribution in [0, 0.1) is 23.6 Å². The quantitative estimate of drug-likeness (QED) is 0.637. The lowest BCUT2D eigenvalue weighted by Crippen LogP contribution is -2.30. The average molecular weight is 250 g/mol. The Bertz CT molecular complexity index is 441. The Morgan fingerprint density at radius 1 is 1.39 bits per heavy atom. The molecule has 0 radical (unpaired) electrons. The van der Waals surface area contributed by atoms with Crippen LogP contribution in [0.15, 0.2) is 18.2 Å². The van der Waals surface area contributed by atoms with Crippen molar-refractivity contribution < 1.29 is 9.13 Å². The number of ether oxygens (including phenoxy) is 1. The molecule has 18 heavy (non-hydrogen) atoms. The standard InChI is InChI=1S/C14H19FN2O/c1-18-12-6-5-8(7-11(12)15)14(17-16)13-9-3-2-4-10(9)13/h5-7,9-10,13-14,17H,2-4,16H2,1H3. The van der Waals surface area contributed by atoms with Gasteiger partial charge in [-0.25, -0.2) is 4.39 Å². The lowest BCUT2D eigenvalue weighted by atomic mass is 9.97. The Balaban J connectivity index is 1.82. The fourth-order valence-electron chi connectivity index (χ4n) is 3.68. The van der Waals surface area contributed by atoms with E-state index in [0.717, 1.165) is 17.4 Å². The third kappa shape index (κ3) is 1.80. The molecule has 2 saturated carbocycles. The second-order valence-electron chi connectivity index (χ2n) is 5.37. The Labute approximate surface area is 106 Å². The van der Waals surface area contributed by atoms with Crippen molar-refractivity contribution in [2.24, 2.45) is 23.6 Å². The van der Waals surface area contributed by atoms with Crippen molar-refractivity contribution in [2.45, 2.75) is 25.3 Å². The van der Waals surface area contributed by atoms with Crippen LogP contribution in [0.4, 0.5) is 4.39 Å². The number of fused-ring (bicyclic) bond motifs is 1. The molecule has 2 aliphatic rings. The molecule has 3 nitrogen and oxygen atoms in total. The molecule has 4 heteroatoms. The van der Waals surface area contributed by atoms with Crippen molar-refractivity contribution in [3.05, 3.63) is 29.6 Å². The van der Waals surface area contributed by atoms with Crippen LogP contribution in [0.2, 0.25) is 0 Å². The van der Waals surface area contributed by atoms with Crippen molar-refractivity contribution >= 4 is 0 Å². The van der Waals surface area contributed by atoms with Crippen molar-refractivity contribution in [1.29, 1.82) is 0 Å². The van der Waals surface area contributed by atoms with Crippen molar-refractivity contribution in [3.8, 4) is 5.75 Å². The number of nitrogens with two attached hydrogens (primary N) is 1. The highest BCUT2D eigenvalue weighted by Gasteiger charge is 2.55. The molecule has 3 N–H and O–H groups in total. The van der Waals surface area contributed by atoms with Gasteiger partial charge in [-0.15, -0.1) is 0 Å². The summed E-state index contributed by atoms with van der Waals surface area (Å²) in [4.78, 5) is 0. The predicted octanol–water partition coefficient (Wildman–Crippen LogP) is 2.38. The van der Waals surface area contributed by atoms with Crippen LogP contribution in [0.3, 0.4) is 0 Å². The molecule has 2 fully saturated rings. The van der Waals surface area contributed by atoms with Crippen molar-refractivity contribution in [2.75, 3.05) is 7.11 Å². The van der Waals surface area contributed by atoms with Gasteiger partial charge >= 0.3 is 0 Å². The van der Waals surface area contributed by atoms with Crippen molar-refractivity contribution in [1.82, 2.24) is 5.43 Å². The molecule has 3 rings (SSSR count). The normalized spacial score (nSPS) is 30.9. The number of benzene rings is 1. The van der Waals surface area contributed by atoms with Gasteiger partial charge in [-0.3, -0.25) is 11.3 Å². The van der Waals surface area contributed by atoms with Crippen LogP contribution in [0.5, 0.6) is 5.75 Å². The van der Waals surface area contributed by atoms with E-state index in [0.29, 0.717) is 5.92 Å². The molecule has 1 aromatic carbocycles. The van der Waals surface area contributed by atoms with Gasteiger partial charge in [0.2, 0.25) is 0 Å². The van der Waals surface area contributed by atoms with Gasteiger partial charge in [-0.2, -0.15) is 0 Å². The van der Waals surface area contributed by atoms with E-state index in [1.807, 2.05) is 6.07 Å². The van der Waals surface area contributed by atoms with Crippen LogP contribution in [-0.2, 0) is 0 Å². The minimum Gasteiger partial charge on any atom is -0.494 e. The van der Waals surface area contributed by atoms with Crippen LogP contribution in [0.1, 0.15) is 30.9 Å². The Kier molecular flexibility index (Phi) is 2.99. The van der Waals surface area contributed by atoms with Gasteiger partial charge in [-0.05, 0) is 48.3 Å². The monoisotopic (exact) mass is 250 g/mol. The van der Waals surface area contributed by atoms with Gasteiger partial charge in [0, 0.05) is 6.04 Å². The molecule has 2 aliphatic carbocycles. The van der Waals surface area contributed by atoms with E-state index in [1.54, 1.807) is 6.07 Å². The number of hydrazine groups is 1.